The summed E-state index contributed by atoms with van der Waals surface area (Å²) in [5, 5.41) is 6.74. The lowest BCUT2D eigenvalue weighted by molar-refractivity contribution is -0.117. The van der Waals surface area contributed by atoms with Crippen LogP contribution in [0.25, 0.3) is 12.2 Å². The zero-order valence-corrected chi connectivity index (χ0v) is 18.5. The van der Waals surface area contributed by atoms with Gasteiger partial charge >= 0.3 is 0 Å². The van der Waals surface area contributed by atoms with Crippen molar-refractivity contribution in [3.63, 3.8) is 0 Å². The second-order valence-corrected chi connectivity index (χ2v) is 7.36. The number of hydrogen-bond acceptors (Lipinski definition) is 7. The first kappa shape index (κ1) is 22.9. The molecule has 2 aromatic rings. The SMILES string of the molecule is C=CC(=O)NC1COCC1Nc1ncc(/C=C/c2c(Cl)c(OC)cc(OC)c2Cl)cn1. The summed E-state index contributed by atoms with van der Waals surface area (Å²) in [4.78, 5) is 20.2. The summed E-state index contributed by atoms with van der Waals surface area (Å²) in [6, 6.07) is 1.29. The summed E-state index contributed by atoms with van der Waals surface area (Å²) in [6.45, 7) is 4.29. The van der Waals surface area contributed by atoms with E-state index in [0.717, 1.165) is 5.56 Å². The molecule has 1 aromatic carbocycles. The van der Waals surface area contributed by atoms with Gasteiger partial charge in [0.05, 0.1) is 49.6 Å². The van der Waals surface area contributed by atoms with Crippen LogP contribution in [0.15, 0.2) is 31.1 Å². The standard InChI is InChI=1S/C21H22Cl2N4O4/c1-4-18(28)26-14-10-31-11-15(14)27-21-24-8-12(9-25-21)5-6-13-19(22)16(29-2)7-17(30-3)20(13)23/h4-9,14-15H,1,10-11H2,2-3H3,(H,26,28)(H,24,25,27)/b6-5+. The maximum Gasteiger partial charge on any atom is 0.243 e. The molecule has 2 N–H and O–H groups in total. The minimum atomic E-state index is -0.254. The van der Waals surface area contributed by atoms with E-state index < -0.39 is 0 Å². The quantitative estimate of drug-likeness (QED) is 0.577. The maximum absolute atomic E-state index is 11.5. The highest BCUT2D eigenvalue weighted by Crippen LogP contribution is 2.41. The summed E-state index contributed by atoms with van der Waals surface area (Å²) in [5.41, 5.74) is 1.30. The molecule has 1 aliphatic heterocycles. The lowest BCUT2D eigenvalue weighted by Crippen LogP contribution is -2.45. The van der Waals surface area contributed by atoms with Crippen molar-refractivity contribution in [1.82, 2.24) is 15.3 Å². The molecule has 8 nitrogen and oxygen atoms in total. The second-order valence-electron chi connectivity index (χ2n) is 6.60. The van der Waals surface area contributed by atoms with Crippen LogP contribution in [0, 0.1) is 0 Å². The number of carbonyl (C=O) groups excluding carboxylic acids is 1. The third-order valence-corrected chi connectivity index (χ3v) is 5.41. The molecule has 0 aliphatic carbocycles. The predicted octanol–water partition coefficient (Wildman–Crippen LogP) is 3.45. The van der Waals surface area contributed by atoms with Crippen LogP contribution in [0.5, 0.6) is 11.5 Å². The highest BCUT2D eigenvalue weighted by molar-refractivity contribution is 6.39. The zero-order valence-electron chi connectivity index (χ0n) is 17.0. The molecular formula is C21H22Cl2N4O4. The monoisotopic (exact) mass is 464 g/mol. The number of amides is 1. The Kier molecular flexibility index (Phi) is 7.73. The summed E-state index contributed by atoms with van der Waals surface area (Å²) in [5.74, 6) is 1.07. The number of carbonyl (C=O) groups is 1. The minimum absolute atomic E-state index is 0.146. The van der Waals surface area contributed by atoms with Crippen LogP contribution >= 0.6 is 23.2 Å². The molecule has 1 fully saturated rings. The largest absolute Gasteiger partial charge is 0.495 e. The van der Waals surface area contributed by atoms with E-state index in [4.69, 9.17) is 37.4 Å². The first-order valence-corrected chi connectivity index (χ1v) is 10.1. The molecular weight excluding hydrogens is 443 g/mol. The summed E-state index contributed by atoms with van der Waals surface area (Å²) < 4.78 is 16.0. The van der Waals surface area contributed by atoms with Gasteiger partial charge in [0.2, 0.25) is 11.9 Å². The van der Waals surface area contributed by atoms with E-state index in [-0.39, 0.29) is 18.0 Å². The molecule has 31 heavy (non-hydrogen) atoms. The number of aromatic nitrogens is 2. The molecule has 1 aromatic heterocycles. The van der Waals surface area contributed by atoms with Gasteiger partial charge in [-0.05, 0) is 6.08 Å². The van der Waals surface area contributed by atoms with Gasteiger partial charge in [-0.25, -0.2) is 9.97 Å². The summed E-state index contributed by atoms with van der Waals surface area (Å²) >= 11 is 12.8. The van der Waals surface area contributed by atoms with E-state index in [1.54, 1.807) is 30.6 Å². The van der Waals surface area contributed by atoms with E-state index in [2.05, 4.69) is 27.2 Å². The normalized spacial score (nSPS) is 18.1. The van der Waals surface area contributed by atoms with Crippen LogP contribution in [0.1, 0.15) is 11.1 Å². The Morgan fingerprint density at radius 3 is 2.32 bits per heavy atom. The molecule has 2 heterocycles. The van der Waals surface area contributed by atoms with Gasteiger partial charge in [0.25, 0.3) is 0 Å². The van der Waals surface area contributed by atoms with E-state index in [0.29, 0.717) is 46.3 Å². The molecule has 2 atom stereocenters. The summed E-state index contributed by atoms with van der Waals surface area (Å²) in [6.07, 6.45) is 8.05. The molecule has 0 spiro atoms. The van der Waals surface area contributed by atoms with Gasteiger partial charge in [0, 0.05) is 29.6 Å². The molecule has 0 radical (unpaired) electrons. The Hall–Kier alpha value is -2.81. The number of anilines is 1. The Morgan fingerprint density at radius 1 is 1.13 bits per heavy atom. The van der Waals surface area contributed by atoms with Gasteiger partial charge in [0.15, 0.2) is 0 Å². The number of benzene rings is 1. The highest BCUT2D eigenvalue weighted by atomic mass is 35.5. The average Bonchev–Trinajstić information content (AvgIpc) is 3.21. The molecule has 1 saturated heterocycles. The van der Waals surface area contributed by atoms with Crippen molar-refractivity contribution in [2.45, 2.75) is 12.1 Å². The van der Waals surface area contributed by atoms with E-state index in [1.807, 2.05) is 0 Å². The smallest absolute Gasteiger partial charge is 0.243 e. The minimum Gasteiger partial charge on any atom is -0.495 e. The highest BCUT2D eigenvalue weighted by Gasteiger charge is 2.29. The summed E-state index contributed by atoms with van der Waals surface area (Å²) in [7, 11) is 3.04. The van der Waals surface area contributed by atoms with Crippen LogP contribution in [0.2, 0.25) is 10.0 Å². The van der Waals surface area contributed by atoms with E-state index >= 15 is 0 Å². The van der Waals surface area contributed by atoms with Crippen molar-refractivity contribution in [2.24, 2.45) is 0 Å². The first-order chi connectivity index (χ1) is 15.0. The molecule has 3 rings (SSSR count). The van der Waals surface area contributed by atoms with Crippen molar-refractivity contribution in [2.75, 3.05) is 32.8 Å². The third kappa shape index (κ3) is 5.46. The van der Waals surface area contributed by atoms with Crippen molar-refractivity contribution < 1.29 is 19.0 Å². The van der Waals surface area contributed by atoms with Gasteiger partial charge in [-0.1, -0.05) is 41.9 Å². The molecule has 0 saturated carbocycles. The van der Waals surface area contributed by atoms with Gasteiger partial charge in [-0.2, -0.15) is 0 Å². The second kappa shape index (κ2) is 10.5. The van der Waals surface area contributed by atoms with E-state index in [9.17, 15) is 4.79 Å². The average molecular weight is 465 g/mol. The fraction of sp³-hybridized carbons (Fsp3) is 0.286. The third-order valence-electron chi connectivity index (χ3n) is 4.63. The topological polar surface area (TPSA) is 94.6 Å². The van der Waals surface area contributed by atoms with Crippen molar-refractivity contribution in [3.8, 4) is 11.5 Å². The number of nitrogens with one attached hydrogen (secondary N) is 2. The lowest BCUT2D eigenvalue weighted by Gasteiger charge is -2.19. The van der Waals surface area contributed by atoms with Crippen molar-refractivity contribution in [1.29, 1.82) is 0 Å². The fourth-order valence-corrected chi connectivity index (χ4v) is 3.60. The molecule has 0 bridgehead atoms. The number of nitrogens with zero attached hydrogens (tertiary/aromatic N) is 2. The number of hydrogen-bond donors (Lipinski definition) is 2. The Morgan fingerprint density at radius 2 is 1.74 bits per heavy atom. The van der Waals surface area contributed by atoms with Gasteiger partial charge in [0.1, 0.15) is 11.5 Å². The molecule has 1 aliphatic rings. The zero-order chi connectivity index (χ0) is 22.4. The Labute approximate surface area is 190 Å². The number of rotatable bonds is 8. The maximum atomic E-state index is 11.5. The van der Waals surface area contributed by atoms with Crippen LogP contribution in [0.4, 0.5) is 5.95 Å². The number of methoxy groups -OCH3 is 2. The number of ether oxygens (including phenoxy) is 3. The predicted molar refractivity (Wildman–Crippen MR) is 121 cm³/mol. The van der Waals surface area contributed by atoms with Crippen LogP contribution in [-0.4, -0.2) is 55.4 Å². The van der Waals surface area contributed by atoms with Crippen molar-refractivity contribution in [3.05, 3.63) is 52.3 Å². The van der Waals surface area contributed by atoms with Gasteiger partial charge in [-0.15, -0.1) is 0 Å². The number of halogens is 2. The Balaban J connectivity index is 1.72. The van der Waals surface area contributed by atoms with Crippen LogP contribution in [0.3, 0.4) is 0 Å². The fourth-order valence-electron chi connectivity index (χ4n) is 2.98. The molecule has 1 amide bonds. The molecule has 10 heteroatoms. The first-order valence-electron chi connectivity index (χ1n) is 9.34. The van der Waals surface area contributed by atoms with Gasteiger partial charge < -0.3 is 24.8 Å². The van der Waals surface area contributed by atoms with Gasteiger partial charge in [-0.3, -0.25) is 4.79 Å². The van der Waals surface area contributed by atoms with Crippen LogP contribution in [-0.2, 0) is 9.53 Å². The lowest BCUT2D eigenvalue weighted by atomic mass is 10.1. The van der Waals surface area contributed by atoms with Crippen molar-refractivity contribution >= 4 is 47.2 Å². The Bertz CT molecular complexity index is 954. The van der Waals surface area contributed by atoms with Crippen LogP contribution < -0.4 is 20.1 Å². The molecule has 2 unspecified atom stereocenters. The molecule has 164 valence electrons. The van der Waals surface area contributed by atoms with E-state index in [1.165, 1.54) is 20.3 Å².